The molecule has 0 saturated carbocycles. The van der Waals surface area contributed by atoms with Crippen LogP contribution in [0, 0.1) is 6.92 Å². The number of rotatable bonds is 5. The van der Waals surface area contributed by atoms with Gasteiger partial charge in [0.25, 0.3) is 5.91 Å². The lowest BCUT2D eigenvalue weighted by atomic mass is 9.93. The van der Waals surface area contributed by atoms with E-state index in [1.54, 1.807) is 19.1 Å². The van der Waals surface area contributed by atoms with Gasteiger partial charge in [-0.15, -0.1) is 0 Å². The van der Waals surface area contributed by atoms with Crippen molar-refractivity contribution in [1.82, 2.24) is 9.62 Å². The van der Waals surface area contributed by atoms with Crippen LogP contribution in [0.15, 0.2) is 41.3 Å². The molecule has 166 valence electrons. The van der Waals surface area contributed by atoms with Crippen LogP contribution in [0.25, 0.3) is 0 Å². The summed E-state index contributed by atoms with van der Waals surface area (Å²) in [5, 5.41) is 2.99. The molecule has 1 fully saturated rings. The summed E-state index contributed by atoms with van der Waals surface area (Å²) in [6.07, 6.45) is 0. The molecule has 1 saturated heterocycles. The van der Waals surface area contributed by atoms with Crippen LogP contribution in [0.5, 0.6) is 11.5 Å². The van der Waals surface area contributed by atoms with Gasteiger partial charge in [0, 0.05) is 18.7 Å². The van der Waals surface area contributed by atoms with Gasteiger partial charge in [-0.1, -0.05) is 12.1 Å². The van der Waals surface area contributed by atoms with E-state index >= 15 is 0 Å². The van der Waals surface area contributed by atoms with Crippen LogP contribution in [0.3, 0.4) is 0 Å². The molecule has 2 aliphatic heterocycles. The van der Waals surface area contributed by atoms with E-state index in [-0.39, 0.29) is 23.2 Å². The minimum atomic E-state index is -3.71. The zero-order valence-electron chi connectivity index (χ0n) is 17.8. The van der Waals surface area contributed by atoms with E-state index in [0.29, 0.717) is 43.4 Å². The number of benzene rings is 2. The van der Waals surface area contributed by atoms with E-state index in [9.17, 15) is 13.2 Å². The molecule has 2 aromatic carbocycles. The molecule has 0 aliphatic carbocycles. The first-order chi connectivity index (χ1) is 14.7. The first-order valence-corrected chi connectivity index (χ1v) is 11.5. The fraction of sp³-hybridized carbons (Fsp3) is 0.409. The molecule has 0 unspecified atom stereocenters. The third-order valence-electron chi connectivity index (χ3n) is 5.56. The van der Waals surface area contributed by atoms with Gasteiger partial charge in [0.15, 0.2) is 11.5 Å². The molecule has 9 heteroatoms. The number of carbonyl (C=O) groups is 1. The van der Waals surface area contributed by atoms with E-state index in [4.69, 9.17) is 14.2 Å². The summed E-state index contributed by atoms with van der Waals surface area (Å²) in [5.41, 5.74) is 1.01. The maximum atomic E-state index is 13.1. The Hall–Kier alpha value is -2.62. The van der Waals surface area contributed by atoms with Crippen LogP contribution < -0.4 is 14.8 Å². The van der Waals surface area contributed by atoms with Crippen LogP contribution in [0.4, 0.5) is 0 Å². The number of hydrogen-bond donors (Lipinski definition) is 1. The first-order valence-electron chi connectivity index (χ1n) is 10.1. The minimum absolute atomic E-state index is 0.142. The second kappa shape index (κ2) is 8.14. The molecule has 0 bridgehead atoms. The van der Waals surface area contributed by atoms with Crippen molar-refractivity contribution in [3.63, 3.8) is 0 Å². The Kier molecular flexibility index (Phi) is 5.67. The number of nitrogens with zero attached hydrogens (tertiary/aromatic N) is 1. The van der Waals surface area contributed by atoms with Crippen molar-refractivity contribution in [2.24, 2.45) is 0 Å². The summed E-state index contributed by atoms with van der Waals surface area (Å²) in [7, 11) is -3.71. The Balaban J connectivity index is 1.58. The third kappa shape index (κ3) is 4.26. The molecule has 4 rings (SSSR count). The Morgan fingerprint density at radius 3 is 2.48 bits per heavy atom. The largest absolute Gasteiger partial charge is 0.454 e. The fourth-order valence-corrected chi connectivity index (χ4v) is 5.32. The molecule has 0 atom stereocenters. The van der Waals surface area contributed by atoms with Gasteiger partial charge in [-0.3, -0.25) is 4.79 Å². The van der Waals surface area contributed by atoms with E-state index in [0.717, 1.165) is 5.56 Å². The number of sulfonamides is 1. The molecular formula is C22H26N2O6S. The zero-order chi connectivity index (χ0) is 22.2. The highest BCUT2D eigenvalue weighted by Crippen LogP contribution is 2.35. The maximum Gasteiger partial charge on any atom is 0.251 e. The van der Waals surface area contributed by atoms with Gasteiger partial charge in [0.2, 0.25) is 16.8 Å². The lowest BCUT2D eigenvalue weighted by molar-refractivity contribution is 0.0730. The number of ether oxygens (including phenoxy) is 3. The van der Waals surface area contributed by atoms with Crippen molar-refractivity contribution in [3.8, 4) is 11.5 Å². The molecule has 0 spiro atoms. The molecule has 0 aromatic heterocycles. The summed E-state index contributed by atoms with van der Waals surface area (Å²) < 4.78 is 43.7. The highest BCUT2D eigenvalue weighted by atomic mass is 32.2. The van der Waals surface area contributed by atoms with Crippen LogP contribution in [-0.4, -0.2) is 51.7 Å². The Bertz CT molecular complexity index is 1110. The topological polar surface area (TPSA) is 94.2 Å². The summed E-state index contributed by atoms with van der Waals surface area (Å²) in [6.45, 7) is 6.99. The van der Waals surface area contributed by atoms with Gasteiger partial charge in [0.05, 0.1) is 23.6 Å². The Morgan fingerprint density at radius 1 is 1.03 bits per heavy atom. The van der Waals surface area contributed by atoms with Crippen LogP contribution in [0.1, 0.15) is 35.3 Å². The third-order valence-corrected chi connectivity index (χ3v) is 7.60. The lowest BCUT2D eigenvalue weighted by Crippen LogP contribution is -2.42. The van der Waals surface area contributed by atoms with Gasteiger partial charge < -0.3 is 19.5 Å². The summed E-state index contributed by atoms with van der Waals surface area (Å²) in [4.78, 5) is 13.2. The second-order valence-corrected chi connectivity index (χ2v) is 10.1. The predicted octanol–water partition coefficient (Wildman–Crippen LogP) is 2.41. The second-order valence-electron chi connectivity index (χ2n) is 8.14. The van der Waals surface area contributed by atoms with Crippen LogP contribution in [-0.2, 0) is 20.3 Å². The van der Waals surface area contributed by atoms with E-state index in [1.165, 1.54) is 10.4 Å². The average molecular weight is 447 g/mol. The summed E-state index contributed by atoms with van der Waals surface area (Å²) in [6, 6.07) is 10.3. The minimum Gasteiger partial charge on any atom is -0.454 e. The summed E-state index contributed by atoms with van der Waals surface area (Å²) in [5.74, 6) is 0.942. The van der Waals surface area contributed by atoms with Crippen molar-refractivity contribution in [2.45, 2.75) is 31.2 Å². The number of hydrogen-bond acceptors (Lipinski definition) is 6. The van der Waals surface area contributed by atoms with Crippen molar-refractivity contribution >= 4 is 15.9 Å². The van der Waals surface area contributed by atoms with Crippen molar-refractivity contribution in [3.05, 3.63) is 53.1 Å². The number of nitrogens with one attached hydrogen (secondary N) is 1. The van der Waals surface area contributed by atoms with Gasteiger partial charge in [-0.05, 0) is 56.2 Å². The Labute approximate surface area is 182 Å². The normalized spacial score (nSPS) is 16.9. The highest BCUT2D eigenvalue weighted by molar-refractivity contribution is 7.89. The number of fused-ring (bicyclic) bond motifs is 1. The number of carbonyl (C=O) groups excluding carboxylic acids is 1. The maximum absolute atomic E-state index is 13.1. The molecule has 1 N–H and O–H groups in total. The average Bonchev–Trinajstić information content (AvgIpc) is 3.22. The number of morpholine rings is 1. The van der Waals surface area contributed by atoms with Gasteiger partial charge in [0.1, 0.15) is 0 Å². The molecule has 2 aliphatic rings. The SMILES string of the molecule is Cc1ccc(C(=O)NC(C)(C)c2ccc3c(c2)OCO3)cc1S(=O)(=O)N1CCOCC1. The van der Waals surface area contributed by atoms with Crippen molar-refractivity contribution < 1.29 is 27.4 Å². The molecule has 1 amide bonds. The van der Waals surface area contributed by atoms with Gasteiger partial charge in [-0.2, -0.15) is 4.31 Å². The monoisotopic (exact) mass is 446 g/mol. The quantitative estimate of drug-likeness (QED) is 0.758. The molecule has 2 aromatic rings. The van der Waals surface area contributed by atoms with Crippen molar-refractivity contribution in [2.75, 3.05) is 33.1 Å². The van der Waals surface area contributed by atoms with E-state index < -0.39 is 15.6 Å². The molecule has 2 heterocycles. The smallest absolute Gasteiger partial charge is 0.251 e. The highest BCUT2D eigenvalue weighted by Gasteiger charge is 2.30. The molecule has 31 heavy (non-hydrogen) atoms. The first kappa shape index (κ1) is 21.6. The lowest BCUT2D eigenvalue weighted by Gasteiger charge is -2.28. The van der Waals surface area contributed by atoms with E-state index in [2.05, 4.69) is 5.32 Å². The van der Waals surface area contributed by atoms with Crippen LogP contribution >= 0.6 is 0 Å². The number of aryl methyl sites for hydroxylation is 1. The predicted molar refractivity (Wildman–Crippen MR) is 114 cm³/mol. The molecule has 8 nitrogen and oxygen atoms in total. The standard InChI is InChI=1S/C22H26N2O6S/c1-15-4-5-16(12-20(15)31(26,27)24-8-10-28-11-9-24)21(25)23-22(2,3)17-6-7-18-19(13-17)30-14-29-18/h4-7,12-13H,8-11,14H2,1-3H3,(H,23,25). The molecular weight excluding hydrogens is 420 g/mol. The van der Waals surface area contributed by atoms with Crippen molar-refractivity contribution in [1.29, 1.82) is 0 Å². The zero-order valence-corrected chi connectivity index (χ0v) is 18.6. The Morgan fingerprint density at radius 2 is 1.74 bits per heavy atom. The van der Waals surface area contributed by atoms with Crippen LogP contribution in [0.2, 0.25) is 0 Å². The molecule has 0 radical (unpaired) electrons. The number of amides is 1. The summed E-state index contributed by atoms with van der Waals surface area (Å²) >= 11 is 0. The van der Waals surface area contributed by atoms with E-state index in [1.807, 2.05) is 32.0 Å². The fourth-order valence-electron chi connectivity index (χ4n) is 3.66. The van der Waals surface area contributed by atoms with Gasteiger partial charge >= 0.3 is 0 Å². The van der Waals surface area contributed by atoms with Gasteiger partial charge in [-0.25, -0.2) is 8.42 Å².